The second-order valence-corrected chi connectivity index (χ2v) is 5.98. The van der Waals surface area contributed by atoms with E-state index in [4.69, 9.17) is 0 Å². The fraction of sp³-hybridized carbons (Fsp3) is 0.100. The second kappa shape index (κ2) is 6.65. The van der Waals surface area contributed by atoms with Gasteiger partial charge in [-0.25, -0.2) is 9.97 Å². The first-order valence-corrected chi connectivity index (χ1v) is 8.22. The molecule has 4 rings (SSSR count). The minimum Gasteiger partial charge on any atom is -0.379 e. The van der Waals surface area contributed by atoms with Crippen molar-refractivity contribution in [2.75, 3.05) is 5.32 Å². The number of para-hydroxylation sites is 1. The van der Waals surface area contributed by atoms with Crippen LogP contribution in [0.3, 0.4) is 0 Å². The molecule has 0 aliphatic heterocycles. The summed E-state index contributed by atoms with van der Waals surface area (Å²) in [4.78, 5) is 12.9. The maximum Gasteiger partial charge on any atom is 0.137 e. The van der Waals surface area contributed by atoms with Crippen molar-refractivity contribution in [3.05, 3.63) is 78.1 Å². The molecule has 126 valence electrons. The lowest BCUT2D eigenvalue weighted by Crippen LogP contribution is -2.04. The number of benzene rings is 1. The molecular formula is C20H16N6. The Balaban J connectivity index is 1.62. The average Bonchev–Trinajstić information content (AvgIpc) is 3.21. The van der Waals surface area contributed by atoms with Gasteiger partial charge in [0.15, 0.2) is 0 Å². The van der Waals surface area contributed by atoms with Crippen LogP contribution in [0.1, 0.15) is 16.7 Å². The molecule has 0 radical (unpaired) electrons. The molecule has 26 heavy (non-hydrogen) atoms. The zero-order valence-corrected chi connectivity index (χ0v) is 14.2. The van der Waals surface area contributed by atoms with Crippen LogP contribution < -0.4 is 5.32 Å². The quantitative estimate of drug-likeness (QED) is 0.614. The summed E-state index contributed by atoms with van der Waals surface area (Å²) in [5, 5.41) is 13.8. The van der Waals surface area contributed by atoms with Crippen molar-refractivity contribution >= 4 is 16.6 Å². The standard InChI is InChI=1S/C20H16N6/c1-14-3-2-4-17-19(14)25-12-16(9-21)20(17)24-11-15-5-6-18(23-10-15)26-8-7-22-13-26/h2-8,10,12-13H,11H2,1H3,(H,24,25). The molecule has 0 saturated carbocycles. The summed E-state index contributed by atoms with van der Waals surface area (Å²) in [5.41, 5.74) is 4.35. The third kappa shape index (κ3) is 2.87. The Morgan fingerprint density at radius 3 is 2.81 bits per heavy atom. The van der Waals surface area contributed by atoms with Crippen LogP contribution in [0.25, 0.3) is 16.7 Å². The predicted octanol–water partition coefficient (Wildman–Crippen LogP) is 3.61. The van der Waals surface area contributed by atoms with Gasteiger partial charge in [-0.15, -0.1) is 0 Å². The number of imidazole rings is 1. The van der Waals surface area contributed by atoms with E-state index in [2.05, 4.69) is 26.3 Å². The Kier molecular flexibility index (Phi) is 4.04. The van der Waals surface area contributed by atoms with Crippen molar-refractivity contribution in [3.63, 3.8) is 0 Å². The van der Waals surface area contributed by atoms with Crippen LogP contribution in [-0.2, 0) is 6.54 Å². The van der Waals surface area contributed by atoms with Crippen LogP contribution in [0.2, 0.25) is 0 Å². The number of hydrogen-bond donors (Lipinski definition) is 1. The van der Waals surface area contributed by atoms with E-state index < -0.39 is 0 Å². The molecule has 0 aliphatic carbocycles. The Morgan fingerprint density at radius 2 is 2.08 bits per heavy atom. The molecule has 4 aromatic rings. The largest absolute Gasteiger partial charge is 0.379 e. The molecular weight excluding hydrogens is 324 g/mol. The average molecular weight is 340 g/mol. The monoisotopic (exact) mass is 340 g/mol. The summed E-state index contributed by atoms with van der Waals surface area (Å²) in [7, 11) is 0. The lowest BCUT2D eigenvalue weighted by Gasteiger charge is -2.12. The van der Waals surface area contributed by atoms with Crippen molar-refractivity contribution < 1.29 is 0 Å². The van der Waals surface area contributed by atoms with Gasteiger partial charge in [0.25, 0.3) is 0 Å². The van der Waals surface area contributed by atoms with E-state index >= 15 is 0 Å². The molecule has 0 saturated heterocycles. The van der Waals surface area contributed by atoms with E-state index in [9.17, 15) is 5.26 Å². The van der Waals surface area contributed by atoms with Crippen LogP contribution in [-0.4, -0.2) is 19.5 Å². The van der Waals surface area contributed by atoms with E-state index in [0.29, 0.717) is 12.1 Å². The molecule has 3 heterocycles. The highest BCUT2D eigenvalue weighted by atomic mass is 15.1. The summed E-state index contributed by atoms with van der Waals surface area (Å²) in [5.74, 6) is 0.814. The van der Waals surface area contributed by atoms with Gasteiger partial charge in [-0.05, 0) is 24.1 Å². The molecule has 6 heteroatoms. The number of rotatable bonds is 4. The first-order valence-electron chi connectivity index (χ1n) is 8.22. The van der Waals surface area contributed by atoms with Gasteiger partial charge in [-0.1, -0.05) is 24.3 Å². The Morgan fingerprint density at radius 1 is 1.15 bits per heavy atom. The number of nitriles is 1. The Bertz CT molecular complexity index is 1090. The van der Waals surface area contributed by atoms with Crippen molar-refractivity contribution in [1.82, 2.24) is 19.5 Å². The summed E-state index contributed by atoms with van der Waals surface area (Å²) in [6, 6.07) is 12.2. The zero-order valence-electron chi connectivity index (χ0n) is 14.2. The van der Waals surface area contributed by atoms with Crippen LogP contribution in [0.5, 0.6) is 0 Å². The van der Waals surface area contributed by atoms with E-state index in [0.717, 1.165) is 33.5 Å². The maximum atomic E-state index is 9.44. The number of nitrogens with zero attached hydrogens (tertiary/aromatic N) is 5. The summed E-state index contributed by atoms with van der Waals surface area (Å²) in [6.07, 6.45) is 8.73. The highest BCUT2D eigenvalue weighted by molar-refractivity contribution is 5.95. The third-order valence-corrected chi connectivity index (χ3v) is 4.27. The van der Waals surface area contributed by atoms with E-state index in [1.807, 2.05) is 54.2 Å². The molecule has 6 nitrogen and oxygen atoms in total. The van der Waals surface area contributed by atoms with Gasteiger partial charge in [0.1, 0.15) is 18.2 Å². The molecule has 0 aliphatic rings. The predicted molar refractivity (Wildman–Crippen MR) is 99.9 cm³/mol. The SMILES string of the molecule is Cc1cccc2c(NCc3ccc(-n4ccnc4)nc3)c(C#N)cnc12. The smallest absolute Gasteiger partial charge is 0.137 e. The lowest BCUT2D eigenvalue weighted by molar-refractivity contribution is 0.978. The van der Waals surface area contributed by atoms with Gasteiger partial charge in [0, 0.05) is 36.7 Å². The van der Waals surface area contributed by atoms with Gasteiger partial charge < -0.3 is 5.32 Å². The number of fused-ring (bicyclic) bond motifs is 1. The first-order chi connectivity index (χ1) is 12.8. The Labute approximate surface area is 150 Å². The van der Waals surface area contributed by atoms with Crippen molar-refractivity contribution in [3.8, 4) is 11.9 Å². The molecule has 0 fully saturated rings. The normalized spacial score (nSPS) is 10.6. The van der Waals surface area contributed by atoms with Crippen LogP contribution in [0.4, 0.5) is 5.69 Å². The molecule has 1 aromatic carbocycles. The van der Waals surface area contributed by atoms with Gasteiger partial charge in [-0.3, -0.25) is 9.55 Å². The minimum atomic E-state index is 0.533. The van der Waals surface area contributed by atoms with E-state index in [1.54, 1.807) is 18.7 Å². The summed E-state index contributed by atoms with van der Waals surface area (Å²) < 4.78 is 1.85. The molecule has 0 atom stereocenters. The number of anilines is 1. The van der Waals surface area contributed by atoms with Gasteiger partial charge in [0.05, 0.1) is 16.8 Å². The second-order valence-electron chi connectivity index (χ2n) is 5.98. The topological polar surface area (TPSA) is 79.4 Å². The fourth-order valence-corrected chi connectivity index (χ4v) is 2.91. The number of aromatic nitrogens is 4. The minimum absolute atomic E-state index is 0.533. The highest BCUT2D eigenvalue weighted by Crippen LogP contribution is 2.27. The number of aryl methyl sites for hydroxylation is 1. The van der Waals surface area contributed by atoms with Crippen LogP contribution >= 0.6 is 0 Å². The van der Waals surface area contributed by atoms with E-state index in [-0.39, 0.29) is 0 Å². The number of hydrogen-bond acceptors (Lipinski definition) is 5. The first kappa shape index (κ1) is 15.8. The Hall–Kier alpha value is -3.72. The van der Waals surface area contributed by atoms with Crippen molar-refractivity contribution in [2.45, 2.75) is 13.5 Å². The van der Waals surface area contributed by atoms with Crippen LogP contribution in [0, 0.1) is 18.3 Å². The van der Waals surface area contributed by atoms with Gasteiger partial charge in [-0.2, -0.15) is 5.26 Å². The zero-order chi connectivity index (χ0) is 17.9. The van der Waals surface area contributed by atoms with E-state index in [1.165, 1.54) is 0 Å². The third-order valence-electron chi connectivity index (χ3n) is 4.27. The molecule has 0 bridgehead atoms. The summed E-state index contributed by atoms with van der Waals surface area (Å²) >= 11 is 0. The summed E-state index contributed by atoms with van der Waals surface area (Å²) in [6.45, 7) is 2.59. The number of pyridine rings is 2. The number of nitrogens with one attached hydrogen (secondary N) is 1. The molecule has 0 amide bonds. The van der Waals surface area contributed by atoms with Gasteiger partial charge >= 0.3 is 0 Å². The lowest BCUT2D eigenvalue weighted by atomic mass is 10.1. The highest BCUT2D eigenvalue weighted by Gasteiger charge is 2.10. The fourth-order valence-electron chi connectivity index (χ4n) is 2.91. The van der Waals surface area contributed by atoms with Gasteiger partial charge in [0.2, 0.25) is 0 Å². The van der Waals surface area contributed by atoms with Crippen molar-refractivity contribution in [2.24, 2.45) is 0 Å². The molecule has 1 N–H and O–H groups in total. The molecule has 3 aromatic heterocycles. The molecule has 0 unspecified atom stereocenters. The van der Waals surface area contributed by atoms with Crippen molar-refractivity contribution in [1.29, 1.82) is 5.26 Å². The maximum absolute atomic E-state index is 9.44. The molecule has 0 spiro atoms. The van der Waals surface area contributed by atoms with Crippen LogP contribution in [0.15, 0.2) is 61.4 Å².